The minimum Gasteiger partial charge on any atom is -0.487 e. The standard InChI is InChI=1S/C33H24BrCl2F3N2O6S/c1-3-45-30(43)19-7-5-17(6-8-19)16-47-27-20(13-22(36)15-23(27)34)14-24-29(42)41-26(18-9-11-21(35)12-10-18)25(31(44)46-4-2)28(33(37,38)39)40-32(41)48-24/h5-15,26H,3-4,16H2,1-2H3/b24-14-/t26-/m1/s1. The van der Waals surface area contributed by atoms with Gasteiger partial charge in [-0.25, -0.2) is 14.6 Å². The van der Waals surface area contributed by atoms with E-state index in [1.54, 1.807) is 37.3 Å². The molecule has 1 aliphatic heterocycles. The molecule has 4 aromatic rings. The zero-order valence-electron chi connectivity index (χ0n) is 25.1. The van der Waals surface area contributed by atoms with Gasteiger partial charge in [0.1, 0.15) is 12.4 Å². The number of hydrogen-bond donors (Lipinski definition) is 0. The molecule has 250 valence electrons. The highest BCUT2D eigenvalue weighted by Gasteiger charge is 2.45. The molecule has 2 heterocycles. The summed E-state index contributed by atoms with van der Waals surface area (Å²) in [5.74, 6) is -1.42. The lowest BCUT2D eigenvalue weighted by Crippen LogP contribution is -2.41. The van der Waals surface area contributed by atoms with Crippen LogP contribution in [-0.4, -0.2) is 35.9 Å². The van der Waals surface area contributed by atoms with E-state index in [2.05, 4.69) is 20.9 Å². The van der Waals surface area contributed by atoms with E-state index in [1.165, 1.54) is 43.3 Å². The molecular formula is C33H24BrCl2F3N2O6S. The first-order valence-corrected chi connectivity index (χ1v) is 16.6. The number of allylic oxidation sites excluding steroid dienone is 1. The highest BCUT2D eigenvalue weighted by atomic mass is 79.9. The predicted molar refractivity (Wildman–Crippen MR) is 178 cm³/mol. The molecular weight excluding hydrogens is 760 g/mol. The van der Waals surface area contributed by atoms with Crippen LogP contribution in [0.25, 0.3) is 6.08 Å². The molecule has 0 saturated heterocycles. The van der Waals surface area contributed by atoms with Crippen molar-refractivity contribution in [2.75, 3.05) is 13.2 Å². The van der Waals surface area contributed by atoms with Crippen LogP contribution in [0.15, 0.2) is 86.2 Å². The molecule has 15 heteroatoms. The number of alkyl halides is 3. The number of benzene rings is 3. The highest BCUT2D eigenvalue weighted by Crippen LogP contribution is 2.39. The van der Waals surface area contributed by atoms with Gasteiger partial charge < -0.3 is 14.2 Å². The van der Waals surface area contributed by atoms with Gasteiger partial charge in [-0.05, 0) is 83.4 Å². The van der Waals surface area contributed by atoms with Crippen LogP contribution in [0.2, 0.25) is 10.0 Å². The van der Waals surface area contributed by atoms with Crippen molar-refractivity contribution < 1.29 is 37.0 Å². The number of esters is 2. The van der Waals surface area contributed by atoms with E-state index in [4.69, 9.17) is 37.4 Å². The molecule has 48 heavy (non-hydrogen) atoms. The van der Waals surface area contributed by atoms with Crippen LogP contribution in [-0.2, 0) is 20.9 Å². The number of rotatable bonds is 9. The molecule has 1 aliphatic rings. The summed E-state index contributed by atoms with van der Waals surface area (Å²) in [6.45, 7) is 3.27. The Hall–Kier alpha value is -3.91. The van der Waals surface area contributed by atoms with Gasteiger partial charge in [-0.1, -0.05) is 58.8 Å². The number of fused-ring (bicyclic) bond motifs is 1. The van der Waals surface area contributed by atoms with E-state index in [0.29, 0.717) is 37.5 Å². The summed E-state index contributed by atoms with van der Waals surface area (Å²) in [4.78, 5) is 42.6. The second kappa shape index (κ2) is 14.7. The Kier molecular flexibility index (Phi) is 10.8. The molecule has 0 unspecified atom stereocenters. The van der Waals surface area contributed by atoms with Gasteiger partial charge >= 0.3 is 18.1 Å². The second-order valence-corrected chi connectivity index (χ2v) is 12.9. The Balaban J connectivity index is 1.63. The zero-order valence-corrected chi connectivity index (χ0v) is 29.0. The van der Waals surface area contributed by atoms with Crippen molar-refractivity contribution in [1.82, 2.24) is 4.57 Å². The van der Waals surface area contributed by atoms with Crippen molar-refractivity contribution in [3.8, 4) is 5.75 Å². The maximum atomic E-state index is 14.4. The minimum absolute atomic E-state index is 0.00264. The first kappa shape index (κ1) is 35.4. The first-order chi connectivity index (χ1) is 22.8. The van der Waals surface area contributed by atoms with E-state index >= 15 is 0 Å². The van der Waals surface area contributed by atoms with E-state index in [1.807, 2.05) is 0 Å². The largest absolute Gasteiger partial charge is 0.487 e. The molecule has 0 N–H and O–H groups in total. The summed E-state index contributed by atoms with van der Waals surface area (Å²) >= 11 is 16.5. The molecule has 0 spiro atoms. The first-order valence-electron chi connectivity index (χ1n) is 14.3. The van der Waals surface area contributed by atoms with Gasteiger partial charge in [0.05, 0.1) is 39.4 Å². The quantitative estimate of drug-likeness (QED) is 0.167. The average molecular weight is 784 g/mol. The van der Waals surface area contributed by atoms with Crippen molar-refractivity contribution in [2.24, 2.45) is 4.99 Å². The number of aromatic nitrogens is 1. The van der Waals surface area contributed by atoms with Crippen LogP contribution in [0.4, 0.5) is 13.2 Å². The fourth-order valence-corrected chi connectivity index (χ4v) is 6.96. The van der Waals surface area contributed by atoms with Crippen LogP contribution < -0.4 is 19.6 Å². The van der Waals surface area contributed by atoms with Crippen molar-refractivity contribution in [1.29, 1.82) is 0 Å². The van der Waals surface area contributed by atoms with Crippen LogP contribution in [0.5, 0.6) is 5.75 Å². The molecule has 0 amide bonds. The third kappa shape index (κ3) is 7.54. The van der Waals surface area contributed by atoms with Crippen molar-refractivity contribution in [3.63, 3.8) is 0 Å². The summed E-state index contributed by atoms with van der Waals surface area (Å²) < 4.78 is 60.9. The van der Waals surface area contributed by atoms with E-state index < -0.39 is 41.0 Å². The number of ether oxygens (including phenoxy) is 3. The van der Waals surface area contributed by atoms with Gasteiger partial charge in [-0.3, -0.25) is 9.36 Å². The lowest BCUT2D eigenvalue weighted by Gasteiger charge is -2.26. The lowest BCUT2D eigenvalue weighted by atomic mass is 9.95. The molecule has 0 fully saturated rings. The van der Waals surface area contributed by atoms with Gasteiger partial charge in [-0.15, -0.1) is 0 Å². The SMILES string of the molecule is CCOC(=O)C1=C(C(F)(F)F)N=c2s/c(=C\c3cc(Cl)cc(Br)c3OCc3ccc(C(=O)OCC)cc3)c(=O)n2[C@@H]1c1ccc(Cl)cc1. The summed E-state index contributed by atoms with van der Waals surface area (Å²) in [6.07, 6.45) is -3.62. The maximum Gasteiger partial charge on any atom is 0.434 e. The smallest absolute Gasteiger partial charge is 0.434 e. The normalized spacial score (nSPS) is 14.8. The third-order valence-corrected chi connectivity index (χ3v) is 8.99. The molecule has 0 radical (unpaired) electrons. The summed E-state index contributed by atoms with van der Waals surface area (Å²) in [5, 5.41) is 0.591. The van der Waals surface area contributed by atoms with Gasteiger partial charge in [-0.2, -0.15) is 13.2 Å². The fraction of sp³-hybridized carbons (Fsp3) is 0.212. The number of hydrogen-bond acceptors (Lipinski definition) is 8. The van der Waals surface area contributed by atoms with Crippen LogP contribution >= 0.6 is 50.5 Å². The van der Waals surface area contributed by atoms with Gasteiger partial charge in [0, 0.05) is 15.6 Å². The third-order valence-electron chi connectivity index (χ3n) is 6.95. The Morgan fingerprint density at radius 1 is 0.979 bits per heavy atom. The van der Waals surface area contributed by atoms with Crippen LogP contribution in [0.1, 0.15) is 46.9 Å². The Labute approximate surface area is 293 Å². The molecule has 0 bridgehead atoms. The van der Waals surface area contributed by atoms with Crippen molar-refractivity contribution in [2.45, 2.75) is 32.7 Å². The van der Waals surface area contributed by atoms with Crippen LogP contribution in [0, 0.1) is 0 Å². The molecule has 3 aromatic carbocycles. The molecule has 5 rings (SSSR count). The number of carbonyl (C=O) groups excluding carboxylic acids is 2. The molecule has 0 aliphatic carbocycles. The lowest BCUT2D eigenvalue weighted by molar-refractivity contribution is -0.140. The monoisotopic (exact) mass is 782 g/mol. The Bertz CT molecular complexity index is 2100. The summed E-state index contributed by atoms with van der Waals surface area (Å²) in [6, 6.07) is 14.0. The van der Waals surface area contributed by atoms with E-state index in [-0.39, 0.29) is 45.5 Å². The summed E-state index contributed by atoms with van der Waals surface area (Å²) in [7, 11) is 0. The van der Waals surface area contributed by atoms with Crippen molar-refractivity contribution in [3.05, 3.63) is 128 Å². The Morgan fingerprint density at radius 2 is 1.62 bits per heavy atom. The fourth-order valence-electron chi connectivity index (χ4n) is 4.89. The average Bonchev–Trinajstić information content (AvgIpc) is 3.34. The topological polar surface area (TPSA) is 96.2 Å². The zero-order chi connectivity index (χ0) is 34.7. The predicted octanol–water partition coefficient (Wildman–Crippen LogP) is 7.17. The maximum absolute atomic E-state index is 14.4. The van der Waals surface area contributed by atoms with Crippen molar-refractivity contribution >= 4 is 68.5 Å². The number of carbonyl (C=O) groups is 2. The molecule has 8 nitrogen and oxygen atoms in total. The molecule has 0 saturated carbocycles. The van der Waals surface area contributed by atoms with Gasteiger partial charge in [0.15, 0.2) is 10.5 Å². The van der Waals surface area contributed by atoms with E-state index in [0.717, 1.165) is 4.57 Å². The van der Waals surface area contributed by atoms with Gasteiger partial charge in [0.2, 0.25) is 0 Å². The van der Waals surface area contributed by atoms with E-state index in [9.17, 15) is 27.6 Å². The van der Waals surface area contributed by atoms with Gasteiger partial charge in [0.25, 0.3) is 5.56 Å². The minimum atomic E-state index is -5.05. The number of nitrogens with zero attached hydrogens (tertiary/aromatic N) is 2. The number of halogens is 6. The second-order valence-electron chi connectivity index (χ2n) is 10.1. The summed E-state index contributed by atoms with van der Waals surface area (Å²) in [5.41, 5.74) is -1.38. The molecule has 1 atom stereocenters. The van der Waals surface area contributed by atoms with Crippen LogP contribution in [0.3, 0.4) is 0 Å². The highest BCUT2D eigenvalue weighted by molar-refractivity contribution is 9.10. The number of thiazole rings is 1. The molecule has 1 aromatic heterocycles. The Morgan fingerprint density at radius 3 is 2.25 bits per heavy atom.